The summed E-state index contributed by atoms with van der Waals surface area (Å²) < 4.78 is 5.53. The van der Waals surface area contributed by atoms with E-state index in [1.807, 2.05) is 0 Å². The van der Waals surface area contributed by atoms with E-state index in [0.29, 0.717) is 18.2 Å². The van der Waals surface area contributed by atoms with Crippen LogP contribution >= 0.6 is 0 Å². The van der Waals surface area contributed by atoms with Crippen LogP contribution in [0.2, 0.25) is 0 Å². The quantitative estimate of drug-likeness (QED) is 0.547. The maximum atomic E-state index is 5.53. The highest BCUT2D eigenvalue weighted by molar-refractivity contribution is 5.24. The van der Waals surface area contributed by atoms with E-state index < -0.39 is 0 Å². The summed E-state index contributed by atoms with van der Waals surface area (Å²) in [6.45, 7) is 7.62. The van der Waals surface area contributed by atoms with E-state index in [2.05, 4.69) is 25.6 Å². The molecule has 0 unspecified atom stereocenters. The zero-order chi connectivity index (χ0) is 7.56. The van der Waals surface area contributed by atoms with Crippen molar-refractivity contribution in [2.45, 2.75) is 44.9 Å². The van der Waals surface area contributed by atoms with Crippen LogP contribution < -0.4 is 0 Å². The van der Waals surface area contributed by atoms with Crippen molar-refractivity contribution < 1.29 is 4.74 Å². The molecule has 1 rings (SSSR count). The van der Waals surface area contributed by atoms with Gasteiger partial charge >= 0.3 is 0 Å². The third kappa shape index (κ3) is 1.81. The van der Waals surface area contributed by atoms with Crippen molar-refractivity contribution in [2.75, 3.05) is 0 Å². The Bertz CT molecular complexity index is 116. The first-order valence-corrected chi connectivity index (χ1v) is 3.83. The van der Waals surface area contributed by atoms with E-state index in [0.717, 1.165) is 12.8 Å². The third-order valence-corrected chi connectivity index (χ3v) is 1.79. The molecule has 0 bridgehead atoms. The Morgan fingerprint density at radius 3 is 2.50 bits per heavy atom. The Morgan fingerprint density at radius 2 is 2.10 bits per heavy atom. The van der Waals surface area contributed by atoms with Gasteiger partial charge in [0.1, 0.15) is 0 Å². The monoisotopic (exact) mass is 141 g/mol. The van der Waals surface area contributed by atoms with Crippen LogP contribution in [0.1, 0.15) is 26.7 Å². The molecule has 0 aromatic carbocycles. The Balaban J connectivity index is 2.08. The Kier molecular flexibility index (Phi) is 2.44. The molecular formula is C8H15NO. The number of hydrogen-bond acceptors (Lipinski definition) is 2. The fourth-order valence-corrected chi connectivity index (χ4v) is 1.18. The molecule has 0 N–H and O–H groups in total. The first-order chi connectivity index (χ1) is 4.72. The topological polar surface area (TPSA) is 21.6 Å². The Hall–Kier alpha value is -0.370. The van der Waals surface area contributed by atoms with Crippen LogP contribution in [0.25, 0.3) is 0 Å². The summed E-state index contributed by atoms with van der Waals surface area (Å²) in [5.41, 5.74) is 0. The van der Waals surface area contributed by atoms with Gasteiger partial charge in [-0.05, 0) is 33.4 Å². The number of ether oxygens (including phenoxy) is 1. The predicted octanol–water partition coefficient (Wildman–Crippen LogP) is 1.64. The lowest BCUT2D eigenvalue weighted by Crippen LogP contribution is -2.35. The van der Waals surface area contributed by atoms with Gasteiger partial charge in [0.2, 0.25) is 0 Å². The van der Waals surface area contributed by atoms with Crippen LogP contribution in [-0.4, -0.2) is 25.0 Å². The lowest BCUT2D eigenvalue weighted by molar-refractivity contribution is -0.0427. The van der Waals surface area contributed by atoms with Crippen molar-refractivity contribution in [3.8, 4) is 0 Å². The molecule has 58 valence electrons. The first-order valence-electron chi connectivity index (χ1n) is 3.83. The maximum absolute atomic E-state index is 5.53. The van der Waals surface area contributed by atoms with Gasteiger partial charge in [0.25, 0.3) is 0 Å². The average molecular weight is 141 g/mol. The standard InChI is InChI=1S/C8H15NO/c1-6(2)10-8-4-7(5-8)9-3/h6-8H,3-5H2,1-2H3. The van der Waals surface area contributed by atoms with Crippen LogP contribution in [-0.2, 0) is 4.74 Å². The summed E-state index contributed by atoms with van der Waals surface area (Å²) in [5, 5.41) is 0. The summed E-state index contributed by atoms with van der Waals surface area (Å²) in [7, 11) is 0. The van der Waals surface area contributed by atoms with Crippen LogP contribution in [0.3, 0.4) is 0 Å². The first kappa shape index (κ1) is 7.73. The maximum Gasteiger partial charge on any atom is 0.0619 e. The van der Waals surface area contributed by atoms with Crippen LogP contribution in [0.4, 0.5) is 0 Å². The molecule has 0 saturated heterocycles. The second-order valence-corrected chi connectivity index (χ2v) is 3.11. The zero-order valence-electron chi connectivity index (χ0n) is 6.71. The average Bonchev–Trinajstić information content (AvgIpc) is 1.76. The highest BCUT2D eigenvalue weighted by Crippen LogP contribution is 2.26. The minimum absolute atomic E-state index is 0.357. The summed E-state index contributed by atoms with van der Waals surface area (Å²) in [6, 6.07) is 0.476. The Morgan fingerprint density at radius 1 is 1.50 bits per heavy atom. The summed E-state index contributed by atoms with van der Waals surface area (Å²) in [6.07, 6.45) is 2.95. The van der Waals surface area contributed by atoms with Crippen molar-refractivity contribution in [2.24, 2.45) is 4.99 Å². The van der Waals surface area contributed by atoms with Gasteiger partial charge in [-0.1, -0.05) is 0 Å². The van der Waals surface area contributed by atoms with Crippen molar-refractivity contribution in [1.82, 2.24) is 0 Å². The molecule has 0 atom stereocenters. The minimum Gasteiger partial charge on any atom is -0.375 e. The number of aliphatic imine (C=N–C) groups is 1. The van der Waals surface area contributed by atoms with Gasteiger partial charge in [-0.2, -0.15) is 0 Å². The molecular weight excluding hydrogens is 126 g/mol. The highest BCUT2D eigenvalue weighted by atomic mass is 16.5. The summed E-state index contributed by atoms with van der Waals surface area (Å²) in [4.78, 5) is 3.92. The molecule has 1 aliphatic rings. The van der Waals surface area contributed by atoms with Crippen molar-refractivity contribution in [3.63, 3.8) is 0 Å². The van der Waals surface area contributed by atoms with E-state index in [-0.39, 0.29) is 0 Å². The fraction of sp³-hybridized carbons (Fsp3) is 0.875. The zero-order valence-corrected chi connectivity index (χ0v) is 6.71. The van der Waals surface area contributed by atoms with E-state index in [4.69, 9.17) is 4.74 Å². The van der Waals surface area contributed by atoms with Gasteiger partial charge in [0, 0.05) is 0 Å². The molecule has 0 spiro atoms. The summed E-state index contributed by atoms with van der Waals surface area (Å²) in [5.74, 6) is 0. The van der Waals surface area contributed by atoms with Crippen molar-refractivity contribution in [3.05, 3.63) is 0 Å². The molecule has 0 radical (unpaired) electrons. The molecule has 1 aliphatic carbocycles. The van der Waals surface area contributed by atoms with Gasteiger partial charge in [0.05, 0.1) is 18.2 Å². The highest BCUT2D eigenvalue weighted by Gasteiger charge is 2.29. The number of rotatable bonds is 3. The molecule has 0 aliphatic heterocycles. The largest absolute Gasteiger partial charge is 0.375 e. The molecule has 2 heteroatoms. The van der Waals surface area contributed by atoms with E-state index in [1.165, 1.54) is 0 Å². The molecule has 1 fully saturated rings. The fourth-order valence-electron chi connectivity index (χ4n) is 1.18. The molecule has 0 aromatic rings. The van der Waals surface area contributed by atoms with Crippen LogP contribution in [0, 0.1) is 0 Å². The van der Waals surface area contributed by atoms with Gasteiger partial charge in [-0.25, -0.2) is 0 Å². The Labute approximate surface area is 62.3 Å². The smallest absolute Gasteiger partial charge is 0.0619 e. The SMILES string of the molecule is C=NC1CC(OC(C)C)C1. The van der Waals surface area contributed by atoms with Gasteiger partial charge in [-0.3, -0.25) is 4.99 Å². The van der Waals surface area contributed by atoms with E-state index >= 15 is 0 Å². The molecule has 2 nitrogen and oxygen atoms in total. The normalized spacial score (nSPS) is 31.9. The second kappa shape index (κ2) is 3.15. The van der Waals surface area contributed by atoms with Gasteiger partial charge < -0.3 is 4.74 Å². The molecule has 10 heavy (non-hydrogen) atoms. The van der Waals surface area contributed by atoms with Gasteiger partial charge in [-0.15, -0.1) is 0 Å². The molecule has 0 heterocycles. The third-order valence-electron chi connectivity index (χ3n) is 1.79. The van der Waals surface area contributed by atoms with E-state index in [1.54, 1.807) is 0 Å². The lowest BCUT2D eigenvalue weighted by atomic mass is 9.90. The molecule has 1 saturated carbocycles. The van der Waals surface area contributed by atoms with Crippen LogP contribution in [0.5, 0.6) is 0 Å². The molecule has 0 aromatic heterocycles. The molecule has 0 amide bonds. The van der Waals surface area contributed by atoms with E-state index in [9.17, 15) is 0 Å². The lowest BCUT2D eigenvalue weighted by Gasteiger charge is -2.33. The number of hydrogen-bond donors (Lipinski definition) is 0. The van der Waals surface area contributed by atoms with Gasteiger partial charge in [0.15, 0.2) is 0 Å². The summed E-state index contributed by atoms with van der Waals surface area (Å²) >= 11 is 0. The minimum atomic E-state index is 0.357. The predicted molar refractivity (Wildman–Crippen MR) is 42.6 cm³/mol. The van der Waals surface area contributed by atoms with Crippen molar-refractivity contribution >= 4 is 6.72 Å². The van der Waals surface area contributed by atoms with Crippen LogP contribution in [0.15, 0.2) is 4.99 Å². The van der Waals surface area contributed by atoms with Crippen molar-refractivity contribution in [1.29, 1.82) is 0 Å². The second-order valence-electron chi connectivity index (χ2n) is 3.11. The number of nitrogens with zero attached hydrogens (tertiary/aromatic N) is 1.